The number of halogens is 1. The molecule has 3 rings (SSSR count). The van der Waals surface area contributed by atoms with Gasteiger partial charge in [0.1, 0.15) is 11.2 Å². The van der Waals surface area contributed by atoms with Gasteiger partial charge in [-0.15, -0.1) is 11.3 Å². The van der Waals surface area contributed by atoms with Gasteiger partial charge in [-0.25, -0.2) is 4.79 Å². The van der Waals surface area contributed by atoms with E-state index < -0.39 is 5.69 Å². The van der Waals surface area contributed by atoms with Crippen LogP contribution in [0.1, 0.15) is 18.9 Å². The number of hydrogen-bond donors (Lipinski definition) is 1. The zero-order valence-corrected chi connectivity index (χ0v) is 16.0. The molecule has 0 unspecified atom stereocenters. The van der Waals surface area contributed by atoms with E-state index in [0.29, 0.717) is 33.9 Å². The van der Waals surface area contributed by atoms with E-state index in [1.165, 1.54) is 20.5 Å². The van der Waals surface area contributed by atoms with Crippen LogP contribution in [0.2, 0.25) is 5.02 Å². The summed E-state index contributed by atoms with van der Waals surface area (Å²) in [5.74, 6) is -0.355. The normalized spacial score (nSPS) is 11.0. The predicted octanol–water partition coefficient (Wildman–Crippen LogP) is 3.24. The van der Waals surface area contributed by atoms with Gasteiger partial charge in [-0.3, -0.25) is 18.7 Å². The number of carbonyl (C=O) groups excluding carboxylic acids is 1. The summed E-state index contributed by atoms with van der Waals surface area (Å²) < 4.78 is 3.01. The van der Waals surface area contributed by atoms with Gasteiger partial charge in [0.15, 0.2) is 0 Å². The number of rotatable bonds is 5. The van der Waals surface area contributed by atoms with Gasteiger partial charge in [-0.2, -0.15) is 0 Å². The molecule has 0 radical (unpaired) electrons. The van der Waals surface area contributed by atoms with E-state index in [4.69, 9.17) is 11.6 Å². The molecular weight excluding hydrogens is 374 g/mol. The number of benzene rings is 1. The van der Waals surface area contributed by atoms with Crippen LogP contribution in [0, 0.1) is 6.92 Å². The van der Waals surface area contributed by atoms with Crippen molar-refractivity contribution in [3.63, 3.8) is 0 Å². The molecule has 8 heteroatoms. The van der Waals surface area contributed by atoms with Crippen molar-refractivity contribution in [3.8, 4) is 0 Å². The maximum Gasteiger partial charge on any atom is 0.332 e. The van der Waals surface area contributed by atoms with Gasteiger partial charge in [0.05, 0.1) is 5.52 Å². The Kier molecular flexibility index (Phi) is 5.29. The van der Waals surface area contributed by atoms with Gasteiger partial charge in [-0.1, -0.05) is 24.6 Å². The van der Waals surface area contributed by atoms with Crippen molar-refractivity contribution in [2.75, 3.05) is 5.32 Å². The molecule has 2 heterocycles. The fraction of sp³-hybridized carbons (Fsp3) is 0.278. The minimum Gasteiger partial charge on any atom is -0.324 e. The van der Waals surface area contributed by atoms with E-state index in [9.17, 15) is 14.4 Å². The van der Waals surface area contributed by atoms with Crippen LogP contribution in [0.3, 0.4) is 0 Å². The minimum absolute atomic E-state index is 0.179. The van der Waals surface area contributed by atoms with Gasteiger partial charge in [0, 0.05) is 17.3 Å². The Hall–Kier alpha value is -2.38. The molecule has 1 N–H and O–H groups in total. The van der Waals surface area contributed by atoms with Gasteiger partial charge in [0.2, 0.25) is 5.91 Å². The third kappa shape index (κ3) is 3.32. The Morgan fingerprint density at radius 2 is 2.00 bits per heavy atom. The molecule has 2 aromatic heterocycles. The van der Waals surface area contributed by atoms with E-state index >= 15 is 0 Å². The van der Waals surface area contributed by atoms with Crippen LogP contribution in [0.4, 0.5) is 5.69 Å². The Morgan fingerprint density at radius 3 is 2.73 bits per heavy atom. The van der Waals surface area contributed by atoms with Crippen LogP contribution in [0.5, 0.6) is 0 Å². The zero-order chi connectivity index (χ0) is 18.8. The lowest BCUT2D eigenvalue weighted by Crippen LogP contribution is -2.41. The molecule has 6 nitrogen and oxygen atoms in total. The monoisotopic (exact) mass is 391 g/mol. The summed E-state index contributed by atoms with van der Waals surface area (Å²) in [4.78, 5) is 37.7. The van der Waals surface area contributed by atoms with Crippen LogP contribution >= 0.6 is 22.9 Å². The fourth-order valence-electron chi connectivity index (χ4n) is 2.78. The SMILES string of the molecule is CCCn1c(=O)c2sccc2n(CC(=O)Nc2cccc(Cl)c2C)c1=O. The van der Waals surface area contributed by atoms with Crippen LogP contribution < -0.4 is 16.6 Å². The molecule has 0 aliphatic carbocycles. The predicted molar refractivity (Wildman–Crippen MR) is 105 cm³/mol. The van der Waals surface area contributed by atoms with Crippen molar-refractivity contribution in [2.24, 2.45) is 0 Å². The first-order valence-electron chi connectivity index (χ1n) is 8.19. The van der Waals surface area contributed by atoms with Crippen molar-refractivity contribution in [1.82, 2.24) is 9.13 Å². The number of thiophene rings is 1. The molecule has 0 aliphatic heterocycles. The maximum absolute atomic E-state index is 12.7. The molecule has 1 aromatic carbocycles. The summed E-state index contributed by atoms with van der Waals surface area (Å²) in [6.07, 6.45) is 0.653. The molecule has 0 spiro atoms. The number of amides is 1. The highest BCUT2D eigenvalue weighted by Crippen LogP contribution is 2.23. The summed E-state index contributed by atoms with van der Waals surface area (Å²) >= 11 is 7.35. The number of fused-ring (bicyclic) bond motifs is 1. The van der Waals surface area contributed by atoms with E-state index in [-0.39, 0.29) is 18.0 Å². The van der Waals surface area contributed by atoms with Crippen molar-refractivity contribution >= 4 is 44.7 Å². The molecule has 0 aliphatic rings. The quantitative estimate of drug-likeness (QED) is 0.725. The summed E-state index contributed by atoms with van der Waals surface area (Å²) in [5.41, 5.74) is 1.06. The molecule has 1 amide bonds. The third-order valence-electron chi connectivity index (χ3n) is 4.13. The lowest BCUT2D eigenvalue weighted by atomic mass is 10.2. The standard InChI is InChI=1S/C18H18ClN3O3S/c1-3-8-21-17(24)16-14(7-9-26-16)22(18(21)25)10-15(23)20-13-6-4-5-12(19)11(13)2/h4-7,9H,3,8,10H2,1-2H3,(H,20,23). The number of nitrogens with zero attached hydrogens (tertiary/aromatic N) is 2. The molecule has 136 valence electrons. The first-order chi connectivity index (χ1) is 12.4. The van der Waals surface area contributed by atoms with Gasteiger partial charge >= 0.3 is 5.69 Å². The Balaban J connectivity index is 1.99. The highest BCUT2D eigenvalue weighted by atomic mass is 35.5. The molecule has 3 aromatic rings. The first-order valence-corrected chi connectivity index (χ1v) is 9.45. The average Bonchev–Trinajstić information content (AvgIpc) is 3.09. The molecule has 0 atom stereocenters. The van der Waals surface area contributed by atoms with Crippen LogP contribution in [-0.4, -0.2) is 15.0 Å². The number of hydrogen-bond acceptors (Lipinski definition) is 4. The highest BCUT2D eigenvalue weighted by molar-refractivity contribution is 7.17. The molecule has 26 heavy (non-hydrogen) atoms. The summed E-state index contributed by atoms with van der Waals surface area (Å²) in [6, 6.07) is 6.93. The number of anilines is 1. The second kappa shape index (κ2) is 7.47. The Labute approximate surface area is 158 Å². The minimum atomic E-state index is -0.472. The molecule has 0 fully saturated rings. The van der Waals surface area contributed by atoms with Gasteiger partial charge in [0.25, 0.3) is 5.56 Å². The molecule has 0 bridgehead atoms. The van der Waals surface area contributed by atoms with E-state index in [1.807, 2.05) is 13.8 Å². The van der Waals surface area contributed by atoms with Crippen molar-refractivity contribution in [1.29, 1.82) is 0 Å². The van der Waals surface area contributed by atoms with Crippen LogP contribution in [0.15, 0.2) is 39.2 Å². The molecule has 0 saturated carbocycles. The summed E-state index contributed by atoms with van der Waals surface area (Å²) in [6.45, 7) is 3.84. The number of carbonyl (C=O) groups is 1. The van der Waals surface area contributed by atoms with Crippen LogP contribution in [0.25, 0.3) is 10.2 Å². The highest BCUT2D eigenvalue weighted by Gasteiger charge is 2.16. The van der Waals surface area contributed by atoms with E-state index in [2.05, 4.69) is 5.32 Å². The Morgan fingerprint density at radius 1 is 1.23 bits per heavy atom. The lowest BCUT2D eigenvalue weighted by Gasteiger charge is -2.13. The fourth-order valence-corrected chi connectivity index (χ4v) is 3.80. The van der Waals surface area contributed by atoms with E-state index in [1.54, 1.807) is 29.6 Å². The van der Waals surface area contributed by atoms with Crippen molar-refractivity contribution in [2.45, 2.75) is 33.4 Å². The lowest BCUT2D eigenvalue weighted by molar-refractivity contribution is -0.116. The first kappa shape index (κ1) is 18.4. The largest absolute Gasteiger partial charge is 0.332 e. The topological polar surface area (TPSA) is 73.1 Å². The maximum atomic E-state index is 12.7. The molecule has 0 saturated heterocycles. The second-order valence-corrected chi connectivity index (χ2v) is 7.24. The Bertz CT molecular complexity index is 1100. The van der Waals surface area contributed by atoms with Gasteiger partial charge < -0.3 is 5.32 Å². The second-order valence-electron chi connectivity index (χ2n) is 5.92. The number of aromatic nitrogens is 2. The van der Waals surface area contributed by atoms with Gasteiger partial charge in [-0.05, 0) is 42.5 Å². The average molecular weight is 392 g/mol. The third-order valence-corrected chi connectivity index (χ3v) is 5.43. The van der Waals surface area contributed by atoms with Crippen LogP contribution in [-0.2, 0) is 17.9 Å². The number of nitrogens with one attached hydrogen (secondary N) is 1. The van der Waals surface area contributed by atoms with Crippen molar-refractivity contribution < 1.29 is 4.79 Å². The molecular formula is C18H18ClN3O3S. The van der Waals surface area contributed by atoms with Crippen molar-refractivity contribution in [3.05, 3.63) is 61.1 Å². The smallest absolute Gasteiger partial charge is 0.324 e. The van der Waals surface area contributed by atoms with E-state index in [0.717, 1.165) is 5.56 Å². The summed E-state index contributed by atoms with van der Waals surface area (Å²) in [5, 5.41) is 5.08. The summed E-state index contributed by atoms with van der Waals surface area (Å²) in [7, 11) is 0. The zero-order valence-electron chi connectivity index (χ0n) is 14.4.